The lowest BCUT2D eigenvalue weighted by Gasteiger charge is -2.13. The molecule has 1 N–H and O–H groups in total. The lowest BCUT2D eigenvalue weighted by Crippen LogP contribution is -2.17. The maximum Gasteiger partial charge on any atom is 0.113 e. The number of nitrogens with zero attached hydrogens (tertiary/aromatic N) is 1. The van der Waals surface area contributed by atoms with Crippen molar-refractivity contribution in [2.24, 2.45) is 0 Å². The Morgan fingerprint density at radius 2 is 2.12 bits per heavy atom. The molecule has 5 heteroatoms. The van der Waals surface area contributed by atoms with Crippen LogP contribution in [0.2, 0.25) is 4.34 Å². The van der Waals surface area contributed by atoms with E-state index in [1.165, 1.54) is 16.9 Å². The monoisotopic (exact) mass is 330 g/mol. The van der Waals surface area contributed by atoms with E-state index in [1.807, 2.05) is 12.1 Å². The van der Waals surface area contributed by atoms with Crippen LogP contribution in [0.3, 0.4) is 0 Å². The minimum absolute atomic E-state index is 0.297. The number of hydrogen-bond donors (Lipinski definition) is 1. The van der Waals surface area contributed by atoms with Crippen molar-refractivity contribution >= 4 is 38.9 Å². The van der Waals surface area contributed by atoms with E-state index < -0.39 is 0 Å². The average Bonchev–Trinajstić information content (AvgIpc) is 2.73. The second-order valence-corrected chi connectivity index (χ2v) is 6.37. The lowest BCUT2D eigenvalue weighted by molar-refractivity contribution is 0.573. The number of thiazole rings is 1. The van der Waals surface area contributed by atoms with Gasteiger partial charge in [-0.25, -0.2) is 4.98 Å². The Labute approximate surface area is 118 Å². The van der Waals surface area contributed by atoms with Gasteiger partial charge in [0.2, 0.25) is 0 Å². The second kappa shape index (κ2) is 5.96. The Morgan fingerprint density at radius 3 is 2.71 bits per heavy atom. The summed E-state index contributed by atoms with van der Waals surface area (Å²) in [5.74, 6) is 0. The first-order valence-corrected chi connectivity index (χ1v) is 7.23. The molecule has 17 heavy (non-hydrogen) atoms. The highest BCUT2D eigenvalue weighted by atomic mass is 79.9. The molecular weight excluding hydrogens is 320 g/mol. The maximum absolute atomic E-state index is 5.83. The van der Waals surface area contributed by atoms with Gasteiger partial charge in [0.25, 0.3) is 0 Å². The van der Waals surface area contributed by atoms with Gasteiger partial charge in [-0.1, -0.05) is 39.7 Å². The van der Waals surface area contributed by atoms with Crippen LogP contribution in [0.5, 0.6) is 0 Å². The van der Waals surface area contributed by atoms with Gasteiger partial charge >= 0.3 is 0 Å². The summed E-state index contributed by atoms with van der Waals surface area (Å²) in [4.78, 5) is 4.21. The predicted molar refractivity (Wildman–Crippen MR) is 76.5 cm³/mol. The van der Waals surface area contributed by atoms with Crippen LogP contribution >= 0.6 is 38.9 Å². The predicted octanol–water partition coefficient (Wildman–Crippen LogP) is 4.41. The third-order valence-electron chi connectivity index (χ3n) is 2.45. The Balaban J connectivity index is 1.93. The molecule has 0 aliphatic heterocycles. The maximum atomic E-state index is 5.83. The van der Waals surface area contributed by atoms with Gasteiger partial charge in [-0.3, -0.25) is 0 Å². The summed E-state index contributed by atoms with van der Waals surface area (Å²) in [7, 11) is 0. The molecule has 2 rings (SSSR count). The molecule has 1 heterocycles. The largest absolute Gasteiger partial charge is 0.304 e. The Bertz CT molecular complexity index is 484. The van der Waals surface area contributed by atoms with Gasteiger partial charge in [0.15, 0.2) is 0 Å². The van der Waals surface area contributed by atoms with Crippen LogP contribution in [0.15, 0.2) is 34.9 Å². The van der Waals surface area contributed by atoms with E-state index in [0.29, 0.717) is 6.04 Å². The molecule has 0 spiro atoms. The Hall–Kier alpha value is -0.420. The molecule has 1 aromatic heterocycles. The van der Waals surface area contributed by atoms with Crippen molar-refractivity contribution in [1.82, 2.24) is 10.3 Å². The Kier molecular flexibility index (Phi) is 4.56. The SMILES string of the molecule is C[C@@H](NCc1ncc(Cl)s1)c1ccc(Br)cc1. The summed E-state index contributed by atoms with van der Waals surface area (Å²) in [6, 6.07) is 8.61. The molecule has 2 nitrogen and oxygen atoms in total. The van der Waals surface area contributed by atoms with Crippen LogP contribution in [0, 0.1) is 0 Å². The first-order valence-electron chi connectivity index (χ1n) is 5.24. The highest BCUT2D eigenvalue weighted by Crippen LogP contribution is 2.20. The first kappa shape index (κ1) is 13.0. The van der Waals surface area contributed by atoms with Crippen LogP contribution in [0.25, 0.3) is 0 Å². The minimum Gasteiger partial charge on any atom is -0.304 e. The summed E-state index contributed by atoms with van der Waals surface area (Å²) in [5.41, 5.74) is 1.26. The fraction of sp³-hybridized carbons (Fsp3) is 0.250. The van der Waals surface area contributed by atoms with Crippen molar-refractivity contribution in [2.75, 3.05) is 0 Å². The van der Waals surface area contributed by atoms with Gasteiger partial charge < -0.3 is 5.32 Å². The highest BCUT2D eigenvalue weighted by Gasteiger charge is 2.06. The summed E-state index contributed by atoms with van der Waals surface area (Å²) in [5, 5.41) is 4.43. The van der Waals surface area contributed by atoms with Gasteiger partial charge in [0.05, 0.1) is 6.20 Å². The van der Waals surface area contributed by atoms with Crippen LogP contribution in [-0.4, -0.2) is 4.98 Å². The smallest absolute Gasteiger partial charge is 0.113 e. The summed E-state index contributed by atoms with van der Waals surface area (Å²) < 4.78 is 1.83. The van der Waals surface area contributed by atoms with E-state index in [4.69, 9.17) is 11.6 Å². The van der Waals surface area contributed by atoms with E-state index in [1.54, 1.807) is 6.20 Å². The lowest BCUT2D eigenvalue weighted by atomic mass is 10.1. The number of aromatic nitrogens is 1. The van der Waals surface area contributed by atoms with Crippen LogP contribution in [0.1, 0.15) is 23.5 Å². The zero-order valence-electron chi connectivity index (χ0n) is 9.28. The van der Waals surface area contributed by atoms with Crippen LogP contribution in [0.4, 0.5) is 0 Å². The average molecular weight is 332 g/mol. The number of hydrogen-bond acceptors (Lipinski definition) is 3. The summed E-state index contributed by atoms with van der Waals surface area (Å²) in [6.45, 7) is 2.88. The summed E-state index contributed by atoms with van der Waals surface area (Å²) >= 11 is 10.8. The molecule has 0 bridgehead atoms. The molecule has 0 aliphatic carbocycles. The molecule has 0 fully saturated rings. The molecule has 0 saturated heterocycles. The molecule has 0 unspecified atom stereocenters. The third-order valence-corrected chi connectivity index (χ3v) is 4.10. The van der Waals surface area contributed by atoms with Gasteiger partial charge in [0, 0.05) is 17.1 Å². The molecule has 1 atom stereocenters. The van der Waals surface area contributed by atoms with Crippen LogP contribution in [-0.2, 0) is 6.54 Å². The first-order chi connectivity index (χ1) is 8.15. The van der Waals surface area contributed by atoms with Crippen molar-refractivity contribution < 1.29 is 0 Å². The minimum atomic E-state index is 0.297. The van der Waals surface area contributed by atoms with E-state index in [2.05, 4.69) is 45.3 Å². The molecule has 2 aromatic rings. The molecule has 0 saturated carbocycles. The van der Waals surface area contributed by atoms with E-state index in [-0.39, 0.29) is 0 Å². The fourth-order valence-electron chi connectivity index (χ4n) is 1.48. The number of benzene rings is 1. The van der Waals surface area contributed by atoms with Gasteiger partial charge in [-0.05, 0) is 24.6 Å². The van der Waals surface area contributed by atoms with E-state index in [9.17, 15) is 0 Å². The van der Waals surface area contributed by atoms with Crippen molar-refractivity contribution in [3.63, 3.8) is 0 Å². The highest BCUT2D eigenvalue weighted by molar-refractivity contribution is 9.10. The van der Waals surface area contributed by atoms with Crippen molar-refractivity contribution in [1.29, 1.82) is 0 Å². The zero-order valence-corrected chi connectivity index (χ0v) is 12.4. The number of halogens is 2. The second-order valence-electron chi connectivity index (χ2n) is 3.71. The zero-order chi connectivity index (χ0) is 12.3. The van der Waals surface area contributed by atoms with Crippen LogP contribution < -0.4 is 5.32 Å². The summed E-state index contributed by atoms with van der Waals surface area (Å²) in [6.07, 6.45) is 1.69. The quantitative estimate of drug-likeness (QED) is 0.897. The molecule has 0 aliphatic rings. The number of nitrogens with one attached hydrogen (secondary N) is 1. The van der Waals surface area contributed by atoms with Crippen molar-refractivity contribution in [3.8, 4) is 0 Å². The molecular formula is C12H12BrClN2S. The third kappa shape index (κ3) is 3.78. The topological polar surface area (TPSA) is 24.9 Å². The van der Waals surface area contributed by atoms with Gasteiger partial charge in [0.1, 0.15) is 9.34 Å². The number of rotatable bonds is 4. The van der Waals surface area contributed by atoms with E-state index in [0.717, 1.165) is 20.4 Å². The van der Waals surface area contributed by atoms with Crippen molar-refractivity contribution in [3.05, 3.63) is 49.8 Å². The van der Waals surface area contributed by atoms with Gasteiger partial charge in [-0.2, -0.15) is 0 Å². The van der Waals surface area contributed by atoms with Crippen molar-refractivity contribution in [2.45, 2.75) is 19.5 Å². The van der Waals surface area contributed by atoms with Gasteiger partial charge in [-0.15, -0.1) is 11.3 Å². The molecule has 1 aromatic carbocycles. The standard InChI is InChI=1S/C12H12BrClN2S/c1-8(9-2-4-10(13)5-3-9)15-7-12-16-6-11(14)17-12/h2-6,8,15H,7H2,1H3/t8-/m1/s1. The van der Waals surface area contributed by atoms with E-state index >= 15 is 0 Å². The normalized spacial score (nSPS) is 12.6. The molecule has 0 amide bonds. The fourth-order valence-corrected chi connectivity index (χ4v) is 2.65. The Morgan fingerprint density at radius 1 is 1.41 bits per heavy atom. The molecule has 0 radical (unpaired) electrons. The molecule has 90 valence electrons.